The Kier molecular flexibility index (Phi) is 3.80. The van der Waals surface area contributed by atoms with E-state index >= 15 is 0 Å². The lowest BCUT2D eigenvalue weighted by molar-refractivity contribution is 0.0572. The molecule has 1 fully saturated rings. The number of hydrogen-bond acceptors (Lipinski definition) is 3. The highest BCUT2D eigenvalue weighted by atomic mass is 16.2. The molecule has 2 rings (SSSR count). The quantitative estimate of drug-likeness (QED) is 0.782. The zero-order valence-corrected chi connectivity index (χ0v) is 12.2. The van der Waals surface area contributed by atoms with Crippen LogP contribution < -0.4 is 5.73 Å². The number of nitrogens with zero attached hydrogens (tertiary/aromatic N) is 2. The van der Waals surface area contributed by atoms with E-state index in [9.17, 15) is 4.79 Å². The van der Waals surface area contributed by atoms with Crippen LogP contribution in [0.15, 0.2) is 12.1 Å². The summed E-state index contributed by atoms with van der Waals surface area (Å²) in [5, 5.41) is 0. The van der Waals surface area contributed by atoms with Crippen molar-refractivity contribution in [3.05, 3.63) is 28.8 Å². The fourth-order valence-electron chi connectivity index (χ4n) is 2.50. The summed E-state index contributed by atoms with van der Waals surface area (Å²) >= 11 is 0. The van der Waals surface area contributed by atoms with Crippen LogP contribution in [0.3, 0.4) is 0 Å². The number of carbonyl (C=O) groups is 1. The molecule has 0 aliphatic carbocycles. The summed E-state index contributed by atoms with van der Waals surface area (Å²) < 4.78 is 0. The van der Waals surface area contributed by atoms with Crippen LogP contribution in [0.25, 0.3) is 0 Å². The van der Waals surface area contributed by atoms with Gasteiger partial charge in [0.05, 0.1) is 0 Å². The van der Waals surface area contributed by atoms with Crippen molar-refractivity contribution in [3.63, 3.8) is 0 Å². The molecule has 1 amide bonds. The Morgan fingerprint density at radius 1 is 1.26 bits per heavy atom. The standard InChI is InChI=1S/C15H23N3O/c1-10-7-11(2)14(16)8-13(10)15(19)18-6-5-17(4)12(3)9-18/h7-8,12H,5-6,9,16H2,1-4H3. The Morgan fingerprint density at radius 2 is 1.95 bits per heavy atom. The summed E-state index contributed by atoms with van der Waals surface area (Å²) in [6.07, 6.45) is 0. The molecule has 1 saturated heterocycles. The van der Waals surface area contributed by atoms with Gasteiger partial charge >= 0.3 is 0 Å². The minimum atomic E-state index is 0.101. The molecule has 0 bridgehead atoms. The Balaban J connectivity index is 2.23. The van der Waals surface area contributed by atoms with Crippen LogP contribution in [0.4, 0.5) is 5.69 Å². The number of piperazine rings is 1. The molecule has 1 atom stereocenters. The SMILES string of the molecule is Cc1cc(C)c(C(=O)N2CCN(C)C(C)C2)cc1N. The number of aryl methyl sites for hydroxylation is 2. The summed E-state index contributed by atoms with van der Waals surface area (Å²) in [6, 6.07) is 4.21. The molecule has 1 aromatic carbocycles. The minimum absolute atomic E-state index is 0.101. The Labute approximate surface area is 115 Å². The Hall–Kier alpha value is -1.55. The number of likely N-dealkylation sites (N-methyl/N-ethyl adjacent to an activating group) is 1. The molecule has 2 N–H and O–H groups in total. The number of nitrogens with two attached hydrogens (primary N) is 1. The molecule has 1 aromatic rings. The highest BCUT2D eigenvalue weighted by Gasteiger charge is 2.26. The van der Waals surface area contributed by atoms with Crippen LogP contribution in [0.1, 0.15) is 28.4 Å². The molecule has 19 heavy (non-hydrogen) atoms. The van der Waals surface area contributed by atoms with E-state index in [1.54, 1.807) is 0 Å². The van der Waals surface area contributed by atoms with Gasteiger partial charge in [0.25, 0.3) is 5.91 Å². The van der Waals surface area contributed by atoms with Gasteiger partial charge in [-0.3, -0.25) is 4.79 Å². The number of nitrogen functional groups attached to an aromatic ring is 1. The van der Waals surface area contributed by atoms with Gasteiger partial charge in [0.1, 0.15) is 0 Å². The fourth-order valence-corrected chi connectivity index (χ4v) is 2.50. The molecule has 1 unspecified atom stereocenters. The molecule has 1 aliphatic rings. The van der Waals surface area contributed by atoms with Crippen molar-refractivity contribution in [2.45, 2.75) is 26.8 Å². The predicted molar refractivity (Wildman–Crippen MR) is 78.3 cm³/mol. The molecule has 104 valence electrons. The number of amides is 1. The third-order valence-corrected chi connectivity index (χ3v) is 4.09. The molecule has 0 saturated carbocycles. The zero-order valence-electron chi connectivity index (χ0n) is 12.2. The summed E-state index contributed by atoms with van der Waals surface area (Å²) in [6.45, 7) is 8.58. The number of hydrogen-bond donors (Lipinski definition) is 1. The van der Waals surface area contributed by atoms with Gasteiger partial charge in [0.2, 0.25) is 0 Å². The topological polar surface area (TPSA) is 49.6 Å². The van der Waals surface area contributed by atoms with Crippen molar-refractivity contribution in [1.82, 2.24) is 9.80 Å². The van der Waals surface area contributed by atoms with Gasteiger partial charge in [-0.05, 0) is 45.0 Å². The highest BCUT2D eigenvalue weighted by Crippen LogP contribution is 2.20. The van der Waals surface area contributed by atoms with Gasteiger partial charge in [-0.25, -0.2) is 0 Å². The minimum Gasteiger partial charge on any atom is -0.398 e. The third-order valence-electron chi connectivity index (χ3n) is 4.09. The lowest BCUT2D eigenvalue weighted by atomic mass is 10.0. The van der Waals surface area contributed by atoms with Crippen LogP contribution in [0.5, 0.6) is 0 Å². The number of carbonyl (C=O) groups excluding carboxylic acids is 1. The van der Waals surface area contributed by atoms with E-state index in [1.165, 1.54) is 0 Å². The monoisotopic (exact) mass is 261 g/mol. The largest absolute Gasteiger partial charge is 0.398 e. The van der Waals surface area contributed by atoms with E-state index < -0.39 is 0 Å². The van der Waals surface area contributed by atoms with Crippen LogP contribution in [-0.4, -0.2) is 48.4 Å². The maximum Gasteiger partial charge on any atom is 0.254 e. The van der Waals surface area contributed by atoms with Crippen LogP contribution in [-0.2, 0) is 0 Å². The van der Waals surface area contributed by atoms with Gasteiger partial charge in [0, 0.05) is 36.9 Å². The Morgan fingerprint density at radius 3 is 2.58 bits per heavy atom. The first kappa shape index (κ1) is 13.9. The van der Waals surface area contributed by atoms with Gasteiger partial charge < -0.3 is 15.5 Å². The Bertz CT molecular complexity index is 498. The van der Waals surface area contributed by atoms with Gasteiger partial charge in [-0.1, -0.05) is 6.07 Å². The molecule has 1 aliphatic heterocycles. The lowest BCUT2D eigenvalue weighted by Gasteiger charge is -2.38. The fraction of sp³-hybridized carbons (Fsp3) is 0.533. The highest BCUT2D eigenvalue weighted by molar-refractivity contribution is 5.96. The average Bonchev–Trinajstić information content (AvgIpc) is 2.36. The first-order chi connectivity index (χ1) is 8.90. The summed E-state index contributed by atoms with van der Waals surface area (Å²) in [7, 11) is 2.10. The van der Waals surface area contributed by atoms with Crippen molar-refractivity contribution in [1.29, 1.82) is 0 Å². The summed E-state index contributed by atoms with van der Waals surface area (Å²) in [5.41, 5.74) is 9.39. The van der Waals surface area contributed by atoms with E-state index in [1.807, 2.05) is 30.9 Å². The van der Waals surface area contributed by atoms with Crippen molar-refractivity contribution in [3.8, 4) is 0 Å². The van der Waals surface area contributed by atoms with Crippen molar-refractivity contribution in [2.75, 3.05) is 32.4 Å². The summed E-state index contributed by atoms with van der Waals surface area (Å²) in [4.78, 5) is 16.8. The third kappa shape index (κ3) is 2.73. The van der Waals surface area contributed by atoms with Crippen molar-refractivity contribution in [2.24, 2.45) is 0 Å². The number of rotatable bonds is 1. The number of benzene rings is 1. The van der Waals surface area contributed by atoms with E-state index in [0.717, 1.165) is 36.3 Å². The smallest absolute Gasteiger partial charge is 0.254 e. The molecule has 4 heteroatoms. The van der Waals surface area contributed by atoms with E-state index in [0.29, 0.717) is 11.7 Å². The second-order valence-electron chi connectivity index (χ2n) is 5.60. The van der Waals surface area contributed by atoms with Crippen LogP contribution in [0.2, 0.25) is 0 Å². The summed E-state index contributed by atoms with van der Waals surface area (Å²) in [5.74, 6) is 0.101. The normalized spacial score (nSPS) is 20.6. The van der Waals surface area contributed by atoms with Crippen molar-refractivity contribution < 1.29 is 4.79 Å². The second-order valence-corrected chi connectivity index (χ2v) is 5.60. The molecule has 0 aromatic heterocycles. The van der Waals surface area contributed by atoms with Crippen LogP contribution >= 0.6 is 0 Å². The molecule has 1 heterocycles. The van der Waals surface area contributed by atoms with E-state index in [2.05, 4.69) is 18.9 Å². The zero-order chi connectivity index (χ0) is 14.2. The average molecular weight is 261 g/mol. The second kappa shape index (κ2) is 5.21. The van der Waals surface area contributed by atoms with E-state index in [-0.39, 0.29) is 5.91 Å². The molecular weight excluding hydrogens is 238 g/mol. The molecule has 4 nitrogen and oxygen atoms in total. The van der Waals surface area contributed by atoms with Gasteiger partial charge in [-0.2, -0.15) is 0 Å². The molecule has 0 spiro atoms. The predicted octanol–water partition coefficient (Wildman–Crippen LogP) is 1.66. The first-order valence-corrected chi connectivity index (χ1v) is 6.76. The van der Waals surface area contributed by atoms with Crippen LogP contribution in [0, 0.1) is 13.8 Å². The maximum atomic E-state index is 12.6. The van der Waals surface area contributed by atoms with E-state index in [4.69, 9.17) is 5.73 Å². The molecule has 0 radical (unpaired) electrons. The first-order valence-electron chi connectivity index (χ1n) is 6.76. The molecular formula is C15H23N3O. The van der Waals surface area contributed by atoms with Crippen molar-refractivity contribution >= 4 is 11.6 Å². The van der Waals surface area contributed by atoms with Gasteiger partial charge in [0.15, 0.2) is 0 Å². The lowest BCUT2D eigenvalue weighted by Crippen LogP contribution is -2.52. The number of anilines is 1. The maximum absolute atomic E-state index is 12.6. The van der Waals surface area contributed by atoms with Gasteiger partial charge in [-0.15, -0.1) is 0 Å².